The third kappa shape index (κ3) is 3.43. The Balaban J connectivity index is 2.07. The van der Waals surface area contributed by atoms with Crippen molar-refractivity contribution in [2.45, 2.75) is 25.7 Å². The average Bonchev–Trinajstić information content (AvgIpc) is 2.25. The number of ether oxygens (including phenoxy) is 2. The highest BCUT2D eigenvalue weighted by molar-refractivity contribution is 6.41. The van der Waals surface area contributed by atoms with Crippen molar-refractivity contribution >= 4 is 40.5 Å². The van der Waals surface area contributed by atoms with Crippen LogP contribution in [0.25, 0.3) is 0 Å². The smallest absolute Gasteiger partial charge is 0.162 e. The summed E-state index contributed by atoms with van der Waals surface area (Å²) in [7, 11) is 0. The maximum atomic E-state index is 6.10. The van der Waals surface area contributed by atoms with Gasteiger partial charge in [-0.2, -0.15) is 0 Å². The zero-order chi connectivity index (χ0) is 13.3. The van der Waals surface area contributed by atoms with E-state index in [1.807, 2.05) is 13.8 Å². The lowest BCUT2D eigenvalue weighted by Gasteiger charge is -2.35. The second kappa shape index (κ2) is 5.43. The topological polar surface area (TPSA) is 30.5 Å². The van der Waals surface area contributed by atoms with Crippen molar-refractivity contribution in [2.24, 2.45) is 0 Å². The molecule has 6 heteroatoms. The van der Waals surface area contributed by atoms with E-state index in [2.05, 4.69) is 5.32 Å². The van der Waals surface area contributed by atoms with Crippen LogP contribution in [0, 0.1) is 0 Å². The Labute approximate surface area is 121 Å². The highest BCUT2D eigenvalue weighted by Gasteiger charge is 2.28. The molecule has 1 heterocycles. The van der Waals surface area contributed by atoms with Gasteiger partial charge in [0.1, 0.15) is 0 Å². The lowest BCUT2D eigenvalue weighted by Crippen LogP contribution is -2.45. The van der Waals surface area contributed by atoms with Crippen molar-refractivity contribution in [1.29, 1.82) is 0 Å². The maximum absolute atomic E-state index is 6.10. The van der Waals surface area contributed by atoms with Gasteiger partial charge in [-0.3, -0.25) is 0 Å². The zero-order valence-corrected chi connectivity index (χ0v) is 12.4. The zero-order valence-electron chi connectivity index (χ0n) is 10.1. The summed E-state index contributed by atoms with van der Waals surface area (Å²) in [5, 5.41) is 4.68. The van der Waals surface area contributed by atoms with Crippen LogP contribution in [0.15, 0.2) is 12.1 Å². The quantitative estimate of drug-likeness (QED) is 0.887. The number of hydrogen-bond acceptors (Lipinski definition) is 3. The summed E-state index contributed by atoms with van der Waals surface area (Å²) < 4.78 is 11.1. The van der Waals surface area contributed by atoms with Gasteiger partial charge in [0, 0.05) is 5.02 Å². The fourth-order valence-electron chi connectivity index (χ4n) is 1.66. The Morgan fingerprint density at radius 1 is 1.11 bits per heavy atom. The molecule has 0 atom stereocenters. The third-order valence-electron chi connectivity index (χ3n) is 2.62. The molecule has 0 radical (unpaired) electrons. The number of benzene rings is 1. The van der Waals surface area contributed by atoms with Gasteiger partial charge in [-0.25, -0.2) is 0 Å². The van der Waals surface area contributed by atoms with E-state index in [0.717, 1.165) is 0 Å². The molecule has 0 aliphatic carbocycles. The van der Waals surface area contributed by atoms with Crippen LogP contribution in [-0.4, -0.2) is 25.0 Å². The molecule has 0 aromatic heterocycles. The van der Waals surface area contributed by atoms with E-state index in [0.29, 0.717) is 34.0 Å². The third-order valence-corrected chi connectivity index (χ3v) is 3.43. The molecule has 2 rings (SSSR count). The normalized spacial score (nSPS) is 19.8. The van der Waals surface area contributed by atoms with Crippen molar-refractivity contribution in [3.05, 3.63) is 27.2 Å². The molecule has 100 valence electrons. The van der Waals surface area contributed by atoms with Crippen LogP contribution < -0.4 is 5.32 Å². The van der Waals surface area contributed by atoms with E-state index in [1.54, 1.807) is 12.1 Å². The van der Waals surface area contributed by atoms with Gasteiger partial charge in [-0.1, -0.05) is 34.8 Å². The number of anilines is 1. The van der Waals surface area contributed by atoms with Crippen LogP contribution in [0.1, 0.15) is 13.8 Å². The summed E-state index contributed by atoms with van der Waals surface area (Å²) in [6.07, 6.45) is 0. The monoisotopic (exact) mass is 309 g/mol. The number of nitrogens with one attached hydrogen (secondary N) is 1. The lowest BCUT2D eigenvalue weighted by atomic mass is 10.2. The van der Waals surface area contributed by atoms with Gasteiger partial charge in [0.05, 0.1) is 35.0 Å². The van der Waals surface area contributed by atoms with Gasteiger partial charge >= 0.3 is 0 Å². The van der Waals surface area contributed by atoms with Crippen LogP contribution in [0.4, 0.5) is 5.69 Å². The minimum Gasteiger partial charge on any atom is -0.375 e. The van der Waals surface area contributed by atoms with Crippen molar-refractivity contribution in [3.63, 3.8) is 0 Å². The molecule has 18 heavy (non-hydrogen) atoms. The molecule has 1 aliphatic heterocycles. The molecule has 1 saturated heterocycles. The van der Waals surface area contributed by atoms with E-state index in [9.17, 15) is 0 Å². The molecule has 0 bridgehead atoms. The van der Waals surface area contributed by atoms with Gasteiger partial charge in [-0.05, 0) is 26.0 Å². The summed E-state index contributed by atoms with van der Waals surface area (Å²) in [6, 6.07) is 3.30. The second-order valence-corrected chi connectivity index (χ2v) is 5.86. The summed E-state index contributed by atoms with van der Waals surface area (Å²) >= 11 is 18.1. The Hall–Kier alpha value is -0.190. The molecule has 0 unspecified atom stereocenters. The van der Waals surface area contributed by atoms with E-state index in [-0.39, 0.29) is 6.04 Å². The molecule has 0 saturated carbocycles. The van der Waals surface area contributed by atoms with Crippen LogP contribution in [0.2, 0.25) is 15.1 Å². The van der Waals surface area contributed by atoms with Crippen LogP contribution in [0.3, 0.4) is 0 Å². The SMILES string of the molecule is CC1(C)OCC(Nc2c(Cl)cc(Cl)cc2Cl)CO1. The molecule has 1 aromatic rings. The second-order valence-electron chi connectivity index (χ2n) is 4.61. The van der Waals surface area contributed by atoms with E-state index < -0.39 is 5.79 Å². The standard InChI is InChI=1S/C12H14Cl3NO2/c1-12(2)17-5-8(6-18-12)16-11-9(14)3-7(13)4-10(11)15/h3-4,8,16H,5-6H2,1-2H3. The number of halogens is 3. The van der Waals surface area contributed by atoms with Crippen LogP contribution >= 0.6 is 34.8 Å². The van der Waals surface area contributed by atoms with Crippen LogP contribution in [-0.2, 0) is 9.47 Å². The van der Waals surface area contributed by atoms with Gasteiger partial charge in [0.2, 0.25) is 0 Å². The highest BCUT2D eigenvalue weighted by Crippen LogP contribution is 2.34. The first kappa shape index (κ1) is 14.2. The Kier molecular flexibility index (Phi) is 4.29. The van der Waals surface area contributed by atoms with Crippen LogP contribution in [0.5, 0.6) is 0 Å². The van der Waals surface area contributed by atoms with Gasteiger partial charge in [-0.15, -0.1) is 0 Å². The summed E-state index contributed by atoms with van der Waals surface area (Å²) in [5.41, 5.74) is 0.652. The molecule has 1 N–H and O–H groups in total. The molecule has 1 aromatic carbocycles. The van der Waals surface area contributed by atoms with E-state index in [1.165, 1.54) is 0 Å². The van der Waals surface area contributed by atoms with Crippen molar-refractivity contribution in [2.75, 3.05) is 18.5 Å². The fraction of sp³-hybridized carbons (Fsp3) is 0.500. The van der Waals surface area contributed by atoms with Gasteiger partial charge in [0.15, 0.2) is 5.79 Å². The molecular formula is C12H14Cl3NO2. The fourth-order valence-corrected chi connectivity index (χ4v) is 2.59. The minimum atomic E-state index is -0.536. The summed E-state index contributed by atoms with van der Waals surface area (Å²) in [4.78, 5) is 0. The summed E-state index contributed by atoms with van der Waals surface area (Å²) in [6.45, 7) is 4.82. The molecule has 1 fully saturated rings. The minimum absolute atomic E-state index is 0.00852. The molecule has 0 amide bonds. The molecule has 0 spiro atoms. The Bertz CT molecular complexity index is 418. The Morgan fingerprint density at radius 3 is 2.11 bits per heavy atom. The predicted molar refractivity (Wildman–Crippen MR) is 74.9 cm³/mol. The van der Waals surface area contributed by atoms with Gasteiger partial charge < -0.3 is 14.8 Å². The summed E-state index contributed by atoms with van der Waals surface area (Å²) in [5.74, 6) is -0.536. The molecular weight excluding hydrogens is 296 g/mol. The molecule has 1 aliphatic rings. The average molecular weight is 311 g/mol. The first-order chi connectivity index (χ1) is 8.37. The number of hydrogen-bond donors (Lipinski definition) is 1. The highest BCUT2D eigenvalue weighted by atomic mass is 35.5. The molecule has 3 nitrogen and oxygen atoms in total. The maximum Gasteiger partial charge on any atom is 0.162 e. The number of rotatable bonds is 2. The van der Waals surface area contributed by atoms with Crippen molar-refractivity contribution in [3.8, 4) is 0 Å². The lowest BCUT2D eigenvalue weighted by molar-refractivity contribution is -0.247. The van der Waals surface area contributed by atoms with E-state index in [4.69, 9.17) is 44.3 Å². The van der Waals surface area contributed by atoms with Gasteiger partial charge in [0.25, 0.3) is 0 Å². The largest absolute Gasteiger partial charge is 0.375 e. The predicted octanol–water partition coefficient (Wildman–Crippen LogP) is 4.21. The van der Waals surface area contributed by atoms with Crippen molar-refractivity contribution in [1.82, 2.24) is 0 Å². The first-order valence-electron chi connectivity index (χ1n) is 5.56. The van der Waals surface area contributed by atoms with E-state index >= 15 is 0 Å². The Morgan fingerprint density at radius 2 is 1.61 bits per heavy atom. The van der Waals surface area contributed by atoms with Crippen molar-refractivity contribution < 1.29 is 9.47 Å². The first-order valence-corrected chi connectivity index (χ1v) is 6.70.